The van der Waals surface area contributed by atoms with E-state index in [1.165, 1.54) is 0 Å². The van der Waals surface area contributed by atoms with Gasteiger partial charge in [0.05, 0.1) is 5.25 Å². The molecule has 1 heterocycles. The standard InChI is InChI=1S/C20H21ClN6OS/c1-13(29-11-10-17(28)23-16-9-5-6-14(21)12-16)18-25-19(22)27-20(26-18)24-15-7-3-2-4-8-15/h2-9,12-13H,10-11H2,1H3,(H,23,28)(H3,22,24,25,26,27). The number of halogens is 1. The summed E-state index contributed by atoms with van der Waals surface area (Å²) in [6.45, 7) is 1.97. The molecular weight excluding hydrogens is 408 g/mol. The van der Waals surface area contributed by atoms with E-state index in [4.69, 9.17) is 17.3 Å². The van der Waals surface area contributed by atoms with E-state index in [9.17, 15) is 4.79 Å². The molecule has 3 rings (SSSR count). The highest BCUT2D eigenvalue weighted by atomic mass is 35.5. The number of aromatic nitrogens is 3. The van der Waals surface area contributed by atoms with E-state index in [0.29, 0.717) is 34.7 Å². The molecule has 1 atom stereocenters. The number of amides is 1. The number of nitrogens with one attached hydrogen (secondary N) is 2. The number of hydrogen-bond acceptors (Lipinski definition) is 7. The van der Waals surface area contributed by atoms with Crippen molar-refractivity contribution < 1.29 is 4.79 Å². The lowest BCUT2D eigenvalue weighted by Crippen LogP contribution is -2.13. The van der Waals surface area contributed by atoms with Gasteiger partial charge in [0.1, 0.15) is 5.82 Å². The zero-order valence-corrected chi connectivity index (χ0v) is 17.4. The van der Waals surface area contributed by atoms with E-state index >= 15 is 0 Å². The van der Waals surface area contributed by atoms with Crippen LogP contribution in [0.5, 0.6) is 0 Å². The Morgan fingerprint density at radius 1 is 1.10 bits per heavy atom. The number of para-hydroxylation sites is 1. The first-order chi connectivity index (χ1) is 14.0. The summed E-state index contributed by atoms with van der Waals surface area (Å²) < 4.78 is 0. The summed E-state index contributed by atoms with van der Waals surface area (Å²) in [5.74, 6) is 1.65. The van der Waals surface area contributed by atoms with Crippen LogP contribution in [0.15, 0.2) is 54.6 Å². The van der Waals surface area contributed by atoms with Gasteiger partial charge in [0.2, 0.25) is 17.8 Å². The maximum atomic E-state index is 12.1. The molecule has 0 saturated heterocycles. The Morgan fingerprint density at radius 3 is 2.62 bits per heavy atom. The third-order valence-electron chi connectivity index (χ3n) is 3.87. The lowest BCUT2D eigenvalue weighted by molar-refractivity contribution is -0.115. The molecule has 150 valence electrons. The number of hydrogen-bond donors (Lipinski definition) is 3. The monoisotopic (exact) mass is 428 g/mol. The Hall–Kier alpha value is -2.84. The van der Waals surface area contributed by atoms with Gasteiger partial charge in [0, 0.05) is 28.6 Å². The van der Waals surface area contributed by atoms with Gasteiger partial charge in [-0.1, -0.05) is 35.9 Å². The smallest absolute Gasteiger partial charge is 0.232 e. The van der Waals surface area contributed by atoms with Gasteiger partial charge in [0.15, 0.2) is 0 Å². The second kappa shape index (κ2) is 10.1. The van der Waals surface area contributed by atoms with Crippen molar-refractivity contribution in [1.82, 2.24) is 15.0 Å². The first-order valence-corrected chi connectivity index (χ1v) is 10.4. The van der Waals surface area contributed by atoms with Crippen molar-refractivity contribution in [3.05, 3.63) is 65.4 Å². The molecule has 1 amide bonds. The fourth-order valence-electron chi connectivity index (χ4n) is 2.49. The summed E-state index contributed by atoms with van der Waals surface area (Å²) in [4.78, 5) is 24.9. The van der Waals surface area contributed by atoms with Crippen LogP contribution in [0.25, 0.3) is 0 Å². The quantitative estimate of drug-likeness (QED) is 0.478. The van der Waals surface area contributed by atoms with E-state index in [1.807, 2.05) is 37.3 Å². The van der Waals surface area contributed by atoms with E-state index in [0.717, 1.165) is 5.69 Å². The van der Waals surface area contributed by atoms with Crippen molar-refractivity contribution in [2.24, 2.45) is 0 Å². The van der Waals surface area contributed by atoms with Gasteiger partial charge in [-0.05, 0) is 37.3 Å². The Balaban J connectivity index is 1.53. The van der Waals surface area contributed by atoms with Crippen LogP contribution < -0.4 is 16.4 Å². The molecule has 1 unspecified atom stereocenters. The largest absolute Gasteiger partial charge is 0.368 e. The topological polar surface area (TPSA) is 106 Å². The van der Waals surface area contributed by atoms with E-state index < -0.39 is 0 Å². The average molecular weight is 429 g/mol. The Bertz CT molecular complexity index is 972. The summed E-state index contributed by atoms with van der Waals surface area (Å²) in [7, 11) is 0. The molecule has 0 aliphatic rings. The number of anilines is 4. The zero-order valence-electron chi connectivity index (χ0n) is 15.8. The minimum absolute atomic E-state index is 0.0457. The number of rotatable bonds is 8. The van der Waals surface area contributed by atoms with Crippen LogP contribution in [0.3, 0.4) is 0 Å². The Labute approximate surface area is 178 Å². The van der Waals surface area contributed by atoms with Crippen LogP contribution in [-0.2, 0) is 4.79 Å². The molecule has 3 aromatic rings. The van der Waals surface area contributed by atoms with Gasteiger partial charge in [-0.3, -0.25) is 4.79 Å². The highest BCUT2D eigenvalue weighted by Crippen LogP contribution is 2.27. The molecule has 0 fully saturated rings. The molecule has 2 aromatic carbocycles. The molecule has 1 aromatic heterocycles. The van der Waals surface area contributed by atoms with Gasteiger partial charge in [-0.15, -0.1) is 0 Å². The Morgan fingerprint density at radius 2 is 1.86 bits per heavy atom. The van der Waals surface area contributed by atoms with E-state index in [-0.39, 0.29) is 17.1 Å². The van der Waals surface area contributed by atoms with Gasteiger partial charge >= 0.3 is 0 Å². The van der Waals surface area contributed by atoms with Gasteiger partial charge in [-0.2, -0.15) is 26.7 Å². The van der Waals surface area contributed by atoms with Crippen LogP contribution in [0.2, 0.25) is 5.02 Å². The zero-order chi connectivity index (χ0) is 20.6. The van der Waals surface area contributed by atoms with E-state index in [2.05, 4.69) is 25.6 Å². The fraction of sp³-hybridized carbons (Fsp3) is 0.200. The first-order valence-electron chi connectivity index (χ1n) is 9.00. The predicted octanol–water partition coefficient (Wildman–Crippen LogP) is 4.67. The van der Waals surface area contributed by atoms with Crippen molar-refractivity contribution in [3.63, 3.8) is 0 Å². The van der Waals surface area contributed by atoms with Crippen LogP contribution in [0.1, 0.15) is 24.4 Å². The van der Waals surface area contributed by atoms with Crippen molar-refractivity contribution in [2.75, 3.05) is 22.1 Å². The molecule has 0 radical (unpaired) electrons. The van der Waals surface area contributed by atoms with Crippen LogP contribution >= 0.6 is 23.4 Å². The van der Waals surface area contributed by atoms with Crippen molar-refractivity contribution in [3.8, 4) is 0 Å². The van der Waals surface area contributed by atoms with Crippen molar-refractivity contribution in [2.45, 2.75) is 18.6 Å². The maximum absolute atomic E-state index is 12.1. The Kier molecular flexibility index (Phi) is 7.26. The van der Waals surface area contributed by atoms with Crippen LogP contribution in [0, 0.1) is 0 Å². The third-order valence-corrected chi connectivity index (χ3v) is 5.25. The normalized spacial score (nSPS) is 11.7. The van der Waals surface area contributed by atoms with Gasteiger partial charge < -0.3 is 16.4 Å². The number of nitrogens with zero attached hydrogens (tertiary/aromatic N) is 3. The number of nitrogens with two attached hydrogens (primary N) is 1. The molecular formula is C20H21ClN6OS. The minimum atomic E-state index is -0.0754. The number of carbonyl (C=O) groups is 1. The van der Waals surface area contributed by atoms with Crippen molar-refractivity contribution >= 4 is 52.5 Å². The number of carbonyl (C=O) groups excluding carboxylic acids is 1. The summed E-state index contributed by atoms with van der Waals surface area (Å²) in [5, 5.41) is 6.49. The van der Waals surface area contributed by atoms with Crippen molar-refractivity contribution in [1.29, 1.82) is 0 Å². The molecule has 0 bridgehead atoms. The summed E-state index contributed by atoms with van der Waals surface area (Å²) in [6.07, 6.45) is 0.358. The third kappa shape index (κ3) is 6.62. The summed E-state index contributed by atoms with van der Waals surface area (Å²) in [6, 6.07) is 16.7. The number of nitrogen functional groups attached to an aromatic ring is 1. The van der Waals surface area contributed by atoms with Crippen LogP contribution in [-0.4, -0.2) is 26.6 Å². The number of benzene rings is 2. The molecule has 0 aliphatic heterocycles. The molecule has 0 saturated carbocycles. The van der Waals surface area contributed by atoms with Gasteiger partial charge in [0.25, 0.3) is 0 Å². The molecule has 29 heavy (non-hydrogen) atoms. The molecule has 0 aliphatic carbocycles. The van der Waals surface area contributed by atoms with Gasteiger partial charge in [-0.25, -0.2) is 0 Å². The first kappa shape index (κ1) is 20.9. The summed E-state index contributed by atoms with van der Waals surface area (Å²) >= 11 is 7.50. The lowest BCUT2D eigenvalue weighted by atomic mass is 10.3. The summed E-state index contributed by atoms with van der Waals surface area (Å²) in [5.41, 5.74) is 7.39. The minimum Gasteiger partial charge on any atom is -0.368 e. The fourth-order valence-corrected chi connectivity index (χ4v) is 3.59. The molecule has 9 heteroatoms. The van der Waals surface area contributed by atoms with E-state index in [1.54, 1.807) is 36.0 Å². The maximum Gasteiger partial charge on any atom is 0.232 e. The SMILES string of the molecule is CC(SCCC(=O)Nc1cccc(Cl)c1)c1nc(N)nc(Nc2ccccc2)n1. The highest BCUT2D eigenvalue weighted by Gasteiger charge is 2.14. The highest BCUT2D eigenvalue weighted by molar-refractivity contribution is 7.99. The molecule has 0 spiro atoms. The average Bonchev–Trinajstić information content (AvgIpc) is 2.68. The predicted molar refractivity (Wildman–Crippen MR) is 120 cm³/mol. The molecule has 4 N–H and O–H groups in total. The second-order valence-corrected chi connectivity index (χ2v) is 8.07. The lowest BCUT2D eigenvalue weighted by Gasteiger charge is -2.12. The second-order valence-electron chi connectivity index (χ2n) is 6.19. The van der Waals surface area contributed by atoms with Crippen LogP contribution in [0.4, 0.5) is 23.3 Å². The molecule has 7 nitrogen and oxygen atoms in total. The number of thioether (sulfide) groups is 1.